The monoisotopic (exact) mass is 294 g/mol. The van der Waals surface area contributed by atoms with Crippen LogP contribution in [0, 0.1) is 6.92 Å². The van der Waals surface area contributed by atoms with Gasteiger partial charge in [-0.15, -0.1) is 0 Å². The van der Waals surface area contributed by atoms with E-state index in [-0.39, 0.29) is 18.6 Å². The van der Waals surface area contributed by atoms with E-state index in [1.807, 2.05) is 18.7 Å². The van der Waals surface area contributed by atoms with Gasteiger partial charge in [0.15, 0.2) is 0 Å². The molecule has 0 aliphatic heterocycles. The number of pyridine rings is 1. The van der Waals surface area contributed by atoms with Crippen molar-refractivity contribution < 1.29 is 19.1 Å². The summed E-state index contributed by atoms with van der Waals surface area (Å²) >= 11 is 0. The van der Waals surface area contributed by atoms with Gasteiger partial charge in [-0.05, 0) is 39.8 Å². The molecule has 6 nitrogen and oxygen atoms in total. The van der Waals surface area contributed by atoms with Crippen molar-refractivity contribution in [2.24, 2.45) is 0 Å². The van der Waals surface area contributed by atoms with Gasteiger partial charge in [-0.1, -0.05) is 0 Å². The van der Waals surface area contributed by atoms with Gasteiger partial charge in [0.25, 0.3) is 0 Å². The van der Waals surface area contributed by atoms with Crippen LogP contribution in [0.5, 0.6) is 0 Å². The summed E-state index contributed by atoms with van der Waals surface area (Å²) in [4.78, 5) is 29.5. The fourth-order valence-corrected chi connectivity index (χ4v) is 1.91. The number of nitrogens with zero attached hydrogens (tertiary/aromatic N) is 2. The molecule has 0 radical (unpaired) electrons. The molecule has 0 atom stereocenters. The van der Waals surface area contributed by atoms with Gasteiger partial charge < -0.3 is 14.4 Å². The molecule has 1 aromatic rings. The summed E-state index contributed by atoms with van der Waals surface area (Å²) in [6.07, 6.45) is 0. The number of methoxy groups -OCH3 is 1. The first-order chi connectivity index (χ1) is 9.90. The van der Waals surface area contributed by atoms with Crippen molar-refractivity contribution >= 4 is 17.8 Å². The molecule has 0 fully saturated rings. The van der Waals surface area contributed by atoms with Crippen LogP contribution >= 0.6 is 0 Å². The van der Waals surface area contributed by atoms with Crippen molar-refractivity contribution in [3.05, 3.63) is 23.4 Å². The lowest BCUT2D eigenvalue weighted by molar-refractivity contribution is -0.141. The maximum Gasteiger partial charge on any atom is 0.339 e. The van der Waals surface area contributed by atoms with E-state index in [0.29, 0.717) is 23.7 Å². The quantitative estimate of drug-likeness (QED) is 0.747. The maximum absolute atomic E-state index is 11.7. The Bertz CT molecular complexity index is 514. The highest BCUT2D eigenvalue weighted by Gasteiger charge is 2.19. The molecule has 1 heterocycles. The minimum Gasteiger partial charge on any atom is -0.465 e. The van der Waals surface area contributed by atoms with E-state index >= 15 is 0 Å². The fourth-order valence-electron chi connectivity index (χ4n) is 1.91. The van der Waals surface area contributed by atoms with Gasteiger partial charge in [0.1, 0.15) is 12.4 Å². The second-order valence-corrected chi connectivity index (χ2v) is 4.82. The Morgan fingerprint density at radius 2 is 2.00 bits per heavy atom. The summed E-state index contributed by atoms with van der Waals surface area (Å²) in [6, 6.07) is 3.44. The molecule has 0 aliphatic rings. The summed E-state index contributed by atoms with van der Waals surface area (Å²) in [5, 5.41) is 0. The highest BCUT2D eigenvalue weighted by Crippen LogP contribution is 2.18. The topological polar surface area (TPSA) is 68.7 Å². The van der Waals surface area contributed by atoms with E-state index in [2.05, 4.69) is 4.98 Å². The maximum atomic E-state index is 11.7. The Labute approximate surface area is 125 Å². The third-order valence-corrected chi connectivity index (χ3v) is 3.00. The molecule has 0 aromatic carbocycles. The second-order valence-electron chi connectivity index (χ2n) is 4.82. The molecule has 0 amide bonds. The Morgan fingerprint density at radius 1 is 1.33 bits per heavy atom. The summed E-state index contributed by atoms with van der Waals surface area (Å²) in [7, 11) is 1.33. The number of esters is 2. The largest absolute Gasteiger partial charge is 0.465 e. The first-order valence-electron chi connectivity index (χ1n) is 6.88. The van der Waals surface area contributed by atoms with Gasteiger partial charge in [-0.25, -0.2) is 9.78 Å². The zero-order chi connectivity index (χ0) is 16.0. The summed E-state index contributed by atoms with van der Waals surface area (Å²) < 4.78 is 9.67. The van der Waals surface area contributed by atoms with Crippen molar-refractivity contribution in [1.82, 2.24) is 4.98 Å². The molecule has 0 unspecified atom stereocenters. The average molecular weight is 294 g/mol. The zero-order valence-electron chi connectivity index (χ0n) is 13.2. The normalized spacial score (nSPS) is 10.4. The summed E-state index contributed by atoms with van der Waals surface area (Å²) in [5.74, 6) is -0.0982. The van der Waals surface area contributed by atoms with E-state index in [4.69, 9.17) is 9.47 Å². The van der Waals surface area contributed by atoms with Crippen LogP contribution in [-0.2, 0) is 14.3 Å². The average Bonchev–Trinajstić information content (AvgIpc) is 2.43. The molecule has 0 N–H and O–H groups in total. The molecule has 0 bridgehead atoms. The predicted octanol–water partition coefficient (Wildman–Crippen LogP) is 1.95. The number of anilines is 1. The molecule has 0 spiro atoms. The van der Waals surface area contributed by atoms with E-state index < -0.39 is 5.97 Å². The summed E-state index contributed by atoms with van der Waals surface area (Å²) in [6.45, 7) is 7.90. The van der Waals surface area contributed by atoms with Crippen LogP contribution in [0.25, 0.3) is 0 Å². The Hall–Kier alpha value is -2.11. The van der Waals surface area contributed by atoms with Gasteiger partial charge >= 0.3 is 11.9 Å². The number of ether oxygens (including phenoxy) is 2. The van der Waals surface area contributed by atoms with Crippen molar-refractivity contribution in [2.75, 3.05) is 25.2 Å². The predicted molar refractivity (Wildman–Crippen MR) is 79.4 cm³/mol. The van der Waals surface area contributed by atoms with Crippen molar-refractivity contribution in [3.63, 3.8) is 0 Å². The van der Waals surface area contributed by atoms with Crippen LogP contribution in [0.2, 0.25) is 0 Å². The van der Waals surface area contributed by atoms with Crippen LogP contribution in [0.3, 0.4) is 0 Å². The SMILES string of the molecule is CCOC(=O)CN(c1ccc(C(=O)OC)c(C)n1)C(C)C. The summed E-state index contributed by atoms with van der Waals surface area (Å²) in [5.41, 5.74) is 0.981. The molecule has 0 saturated carbocycles. The van der Waals surface area contributed by atoms with Crippen LogP contribution in [0.1, 0.15) is 36.8 Å². The first-order valence-corrected chi connectivity index (χ1v) is 6.88. The van der Waals surface area contributed by atoms with Crippen LogP contribution in [0.15, 0.2) is 12.1 Å². The van der Waals surface area contributed by atoms with Gasteiger partial charge in [0.05, 0.1) is 25.0 Å². The number of aromatic nitrogens is 1. The third kappa shape index (κ3) is 4.44. The molecule has 0 saturated heterocycles. The highest BCUT2D eigenvalue weighted by atomic mass is 16.5. The van der Waals surface area contributed by atoms with Gasteiger partial charge in [-0.2, -0.15) is 0 Å². The smallest absolute Gasteiger partial charge is 0.339 e. The number of hydrogen-bond donors (Lipinski definition) is 0. The number of rotatable bonds is 6. The molecule has 1 rings (SSSR count). The van der Waals surface area contributed by atoms with Gasteiger partial charge in [0, 0.05) is 6.04 Å². The number of carbonyl (C=O) groups is 2. The van der Waals surface area contributed by atoms with Crippen LogP contribution < -0.4 is 4.90 Å². The molecule has 116 valence electrons. The minimum absolute atomic E-state index is 0.0743. The lowest BCUT2D eigenvalue weighted by Crippen LogP contribution is -2.37. The second kappa shape index (κ2) is 7.61. The minimum atomic E-state index is -0.423. The molecule has 1 aromatic heterocycles. The molecular weight excluding hydrogens is 272 g/mol. The first kappa shape index (κ1) is 16.9. The standard InChI is InChI=1S/C15H22N2O4/c1-6-21-14(18)9-17(10(2)3)13-8-7-12(11(4)16-13)15(19)20-5/h7-8,10H,6,9H2,1-5H3. The Kier molecular flexibility index (Phi) is 6.14. The van der Waals surface area contributed by atoms with Crippen LogP contribution in [0.4, 0.5) is 5.82 Å². The molecule has 21 heavy (non-hydrogen) atoms. The van der Waals surface area contributed by atoms with Crippen molar-refractivity contribution in [3.8, 4) is 0 Å². The zero-order valence-corrected chi connectivity index (χ0v) is 13.2. The Morgan fingerprint density at radius 3 is 2.48 bits per heavy atom. The molecule has 0 aliphatic carbocycles. The van der Waals surface area contributed by atoms with Gasteiger partial charge in [-0.3, -0.25) is 4.79 Å². The number of hydrogen-bond acceptors (Lipinski definition) is 6. The van der Waals surface area contributed by atoms with Crippen molar-refractivity contribution in [2.45, 2.75) is 33.7 Å². The highest BCUT2D eigenvalue weighted by molar-refractivity contribution is 5.90. The fraction of sp³-hybridized carbons (Fsp3) is 0.533. The van der Waals surface area contributed by atoms with E-state index in [1.165, 1.54) is 7.11 Å². The lowest BCUT2D eigenvalue weighted by Gasteiger charge is -2.27. The van der Waals surface area contributed by atoms with E-state index in [1.54, 1.807) is 26.0 Å². The van der Waals surface area contributed by atoms with E-state index in [0.717, 1.165) is 0 Å². The van der Waals surface area contributed by atoms with E-state index in [9.17, 15) is 9.59 Å². The third-order valence-electron chi connectivity index (χ3n) is 3.00. The Balaban J connectivity index is 3.02. The van der Waals surface area contributed by atoms with Crippen LogP contribution in [-0.4, -0.2) is 43.2 Å². The number of carbonyl (C=O) groups excluding carboxylic acids is 2. The molecular formula is C15H22N2O4. The van der Waals surface area contributed by atoms with Gasteiger partial charge in [0.2, 0.25) is 0 Å². The lowest BCUT2D eigenvalue weighted by atomic mass is 10.2. The molecule has 6 heteroatoms. The van der Waals surface area contributed by atoms with Crippen molar-refractivity contribution in [1.29, 1.82) is 0 Å². The number of aryl methyl sites for hydroxylation is 1.